The highest BCUT2D eigenvalue weighted by molar-refractivity contribution is 5.33. The van der Waals surface area contributed by atoms with Crippen molar-refractivity contribution in [2.24, 2.45) is 0 Å². The lowest BCUT2D eigenvalue weighted by atomic mass is 10.1. The topological polar surface area (TPSA) is 21.3 Å². The summed E-state index contributed by atoms with van der Waals surface area (Å²) in [5, 5.41) is 3.47. The van der Waals surface area contributed by atoms with E-state index in [9.17, 15) is 0 Å². The van der Waals surface area contributed by atoms with Crippen LogP contribution in [0.15, 0.2) is 24.3 Å². The Morgan fingerprint density at radius 3 is 2.71 bits per heavy atom. The standard InChI is InChI=1S/C15H25NO/c1-4-13(3)16-11-8-12-17-15-10-7-6-9-14(15)5-2/h6-7,9-10,13,16H,4-5,8,11-12H2,1-3H3/t13-/m0/s1. The number of aryl methyl sites for hydroxylation is 1. The van der Waals surface area contributed by atoms with Crippen LogP contribution in [0.4, 0.5) is 0 Å². The van der Waals surface area contributed by atoms with Crippen LogP contribution in [0.25, 0.3) is 0 Å². The zero-order valence-electron chi connectivity index (χ0n) is 11.3. The largest absolute Gasteiger partial charge is 0.493 e. The zero-order valence-corrected chi connectivity index (χ0v) is 11.3. The molecule has 0 unspecified atom stereocenters. The van der Waals surface area contributed by atoms with Crippen molar-refractivity contribution in [3.8, 4) is 5.75 Å². The molecular weight excluding hydrogens is 210 g/mol. The van der Waals surface area contributed by atoms with Crippen molar-refractivity contribution in [1.29, 1.82) is 0 Å². The van der Waals surface area contributed by atoms with E-state index in [-0.39, 0.29) is 0 Å². The Balaban J connectivity index is 2.22. The molecule has 2 heteroatoms. The van der Waals surface area contributed by atoms with Crippen molar-refractivity contribution in [3.63, 3.8) is 0 Å². The lowest BCUT2D eigenvalue weighted by molar-refractivity contribution is 0.302. The summed E-state index contributed by atoms with van der Waals surface area (Å²) in [6.07, 6.45) is 3.27. The fourth-order valence-corrected chi connectivity index (χ4v) is 1.68. The molecule has 0 aromatic heterocycles. The summed E-state index contributed by atoms with van der Waals surface area (Å²) in [5.41, 5.74) is 1.29. The van der Waals surface area contributed by atoms with Crippen LogP contribution in [0.3, 0.4) is 0 Å². The van der Waals surface area contributed by atoms with Crippen molar-refractivity contribution in [1.82, 2.24) is 5.32 Å². The molecule has 0 radical (unpaired) electrons. The number of ether oxygens (including phenoxy) is 1. The third-order valence-corrected chi connectivity index (χ3v) is 3.04. The molecule has 0 fully saturated rings. The van der Waals surface area contributed by atoms with E-state index >= 15 is 0 Å². The summed E-state index contributed by atoms with van der Waals surface area (Å²) in [5.74, 6) is 1.04. The summed E-state index contributed by atoms with van der Waals surface area (Å²) in [6.45, 7) is 8.40. The second kappa shape index (κ2) is 8.13. The maximum Gasteiger partial charge on any atom is 0.122 e. The first-order chi connectivity index (χ1) is 8.27. The maximum absolute atomic E-state index is 5.80. The van der Waals surface area contributed by atoms with Gasteiger partial charge in [0.25, 0.3) is 0 Å². The van der Waals surface area contributed by atoms with Gasteiger partial charge < -0.3 is 10.1 Å². The third kappa shape index (κ3) is 5.22. The fourth-order valence-electron chi connectivity index (χ4n) is 1.68. The van der Waals surface area contributed by atoms with E-state index in [2.05, 4.69) is 44.3 Å². The molecule has 0 bridgehead atoms. The van der Waals surface area contributed by atoms with Crippen molar-refractivity contribution in [2.75, 3.05) is 13.2 Å². The highest BCUT2D eigenvalue weighted by atomic mass is 16.5. The number of hydrogen-bond acceptors (Lipinski definition) is 2. The Hall–Kier alpha value is -1.02. The third-order valence-electron chi connectivity index (χ3n) is 3.04. The Labute approximate surface area is 105 Å². The van der Waals surface area contributed by atoms with Crippen LogP contribution >= 0.6 is 0 Å². The van der Waals surface area contributed by atoms with Gasteiger partial charge in [0.1, 0.15) is 5.75 Å². The number of nitrogens with one attached hydrogen (secondary N) is 1. The Morgan fingerprint density at radius 2 is 2.00 bits per heavy atom. The molecular formula is C15H25NO. The lowest BCUT2D eigenvalue weighted by Crippen LogP contribution is -2.27. The van der Waals surface area contributed by atoms with E-state index in [4.69, 9.17) is 4.74 Å². The molecule has 0 amide bonds. The van der Waals surface area contributed by atoms with Gasteiger partial charge in [0, 0.05) is 6.04 Å². The molecule has 0 aliphatic carbocycles. The van der Waals surface area contributed by atoms with Crippen LogP contribution in [-0.4, -0.2) is 19.2 Å². The fraction of sp³-hybridized carbons (Fsp3) is 0.600. The van der Waals surface area contributed by atoms with Gasteiger partial charge in [-0.3, -0.25) is 0 Å². The number of rotatable bonds is 8. The van der Waals surface area contributed by atoms with Gasteiger partial charge >= 0.3 is 0 Å². The van der Waals surface area contributed by atoms with Crippen LogP contribution in [0.1, 0.15) is 39.2 Å². The lowest BCUT2D eigenvalue weighted by Gasteiger charge is -2.12. The second-order valence-electron chi connectivity index (χ2n) is 4.43. The molecule has 1 rings (SSSR count). The van der Waals surface area contributed by atoms with Gasteiger partial charge in [-0.15, -0.1) is 0 Å². The molecule has 96 valence electrons. The minimum absolute atomic E-state index is 0.609. The number of hydrogen-bond donors (Lipinski definition) is 1. The van der Waals surface area contributed by atoms with Gasteiger partial charge in [0.05, 0.1) is 6.61 Å². The zero-order chi connectivity index (χ0) is 12.5. The summed E-state index contributed by atoms with van der Waals surface area (Å²) < 4.78 is 5.80. The second-order valence-corrected chi connectivity index (χ2v) is 4.43. The smallest absolute Gasteiger partial charge is 0.122 e. The molecule has 1 atom stereocenters. The van der Waals surface area contributed by atoms with Gasteiger partial charge in [-0.05, 0) is 44.4 Å². The predicted octanol–water partition coefficient (Wildman–Crippen LogP) is 3.41. The molecule has 17 heavy (non-hydrogen) atoms. The first-order valence-corrected chi connectivity index (χ1v) is 6.72. The van der Waals surface area contributed by atoms with Gasteiger partial charge in [-0.25, -0.2) is 0 Å². The van der Waals surface area contributed by atoms with Crippen LogP contribution in [0, 0.1) is 0 Å². The minimum Gasteiger partial charge on any atom is -0.493 e. The molecule has 1 N–H and O–H groups in total. The Morgan fingerprint density at radius 1 is 1.24 bits per heavy atom. The molecule has 0 spiro atoms. The van der Waals surface area contributed by atoms with Gasteiger partial charge in [-0.1, -0.05) is 32.0 Å². The van der Waals surface area contributed by atoms with E-state index in [0.717, 1.165) is 31.7 Å². The van der Waals surface area contributed by atoms with E-state index in [1.807, 2.05) is 6.07 Å². The average Bonchev–Trinajstić information content (AvgIpc) is 2.38. The maximum atomic E-state index is 5.80. The van der Waals surface area contributed by atoms with Crippen LogP contribution in [0.5, 0.6) is 5.75 Å². The number of para-hydroxylation sites is 1. The van der Waals surface area contributed by atoms with E-state index in [1.54, 1.807) is 0 Å². The van der Waals surface area contributed by atoms with Crippen molar-refractivity contribution in [3.05, 3.63) is 29.8 Å². The first-order valence-electron chi connectivity index (χ1n) is 6.72. The van der Waals surface area contributed by atoms with Crippen LogP contribution < -0.4 is 10.1 Å². The predicted molar refractivity (Wildman–Crippen MR) is 73.7 cm³/mol. The van der Waals surface area contributed by atoms with Crippen molar-refractivity contribution in [2.45, 2.75) is 46.1 Å². The Kier molecular flexibility index (Phi) is 6.71. The molecule has 0 saturated carbocycles. The monoisotopic (exact) mass is 235 g/mol. The quantitative estimate of drug-likeness (QED) is 0.697. The van der Waals surface area contributed by atoms with E-state index in [1.165, 1.54) is 12.0 Å². The Bertz CT molecular complexity index is 312. The van der Waals surface area contributed by atoms with Gasteiger partial charge in [0.15, 0.2) is 0 Å². The highest BCUT2D eigenvalue weighted by Crippen LogP contribution is 2.18. The molecule has 0 heterocycles. The molecule has 0 aliphatic heterocycles. The summed E-state index contributed by atoms with van der Waals surface area (Å²) in [4.78, 5) is 0. The van der Waals surface area contributed by atoms with Crippen molar-refractivity contribution < 1.29 is 4.74 Å². The summed E-state index contributed by atoms with van der Waals surface area (Å²) in [7, 11) is 0. The molecule has 0 saturated heterocycles. The van der Waals surface area contributed by atoms with Crippen molar-refractivity contribution >= 4 is 0 Å². The normalized spacial score (nSPS) is 12.4. The summed E-state index contributed by atoms with van der Waals surface area (Å²) in [6, 6.07) is 8.90. The first kappa shape index (κ1) is 14.0. The average molecular weight is 235 g/mol. The van der Waals surface area contributed by atoms with Gasteiger partial charge in [0.2, 0.25) is 0 Å². The number of benzene rings is 1. The molecule has 0 aliphatic rings. The minimum atomic E-state index is 0.609. The molecule has 1 aromatic rings. The van der Waals surface area contributed by atoms with Crippen LogP contribution in [-0.2, 0) is 6.42 Å². The summed E-state index contributed by atoms with van der Waals surface area (Å²) >= 11 is 0. The van der Waals surface area contributed by atoms with Gasteiger partial charge in [-0.2, -0.15) is 0 Å². The van der Waals surface area contributed by atoms with E-state index < -0.39 is 0 Å². The van der Waals surface area contributed by atoms with E-state index in [0.29, 0.717) is 6.04 Å². The van der Waals surface area contributed by atoms with Crippen LogP contribution in [0.2, 0.25) is 0 Å². The highest BCUT2D eigenvalue weighted by Gasteiger charge is 2.00. The molecule has 1 aromatic carbocycles. The SMILES string of the molecule is CCc1ccccc1OCCCN[C@@H](C)CC. The molecule has 2 nitrogen and oxygen atoms in total.